The number of hydrogen-bond acceptors (Lipinski definition) is 4. The van der Waals surface area contributed by atoms with Crippen LogP contribution < -0.4 is 15.4 Å². The standard InChI is InChI=1S/C17H19N3O4S/c1-20(14-5-3-2-4-6-14)17(22)16(21)19-12-11-13-7-9-15(10-8-13)25(18,23)24/h2-10H,11-12H2,1H3,(H,19,21)(H2,18,23,24). The number of likely N-dealkylation sites (N-methyl/N-ethyl adjacent to an activating group) is 1. The third-order valence-electron chi connectivity index (χ3n) is 3.59. The summed E-state index contributed by atoms with van der Waals surface area (Å²) in [6, 6.07) is 14.9. The van der Waals surface area contributed by atoms with E-state index in [0.29, 0.717) is 12.1 Å². The molecule has 2 aromatic carbocycles. The molecule has 2 rings (SSSR count). The molecular weight excluding hydrogens is 342 g/mol. The number of nitrogens with two attached hydrogens (primary N) is 1. The van der Waals surface area contributed by atoms with Crippen LogP contribution in [0.3, 0.4) is 0 Å². The summed E-state index contributed by atoms with van der Waals surface area (Å²) in [5.41, 5.74) is 1.44. The van der Waals surface area contributed by atoms with E-state index >= 15 is 0 Å². The first kappa shape index (κ1) is 18.6. The zero-order valence-electron chi connectivity index (χ0n) is 13.7. The van der Waals surface area contributed by atoms with Gasteiger partial charge in [-0.2, -0.15) is 0 Å². The Kier molecular flexibility index (Phi) is 5.89. The lowest BCUT2D eigenvalue weighted by Gasteiger charge is -2.16. The van der Waals surface area contributed by atoms with Crippen LogP contribution in [0.4, 0.5) is 5.69 Å². The lowest BCUT2D eigenvalue weighted by atomic mass is 10.1. The molecule has 0 heterocycles. The van der Waals surface area contributed by atoms with Gasteiger partial charge < -0.3 is 10.2 Å². The van der Waals surface area contributed by atoms with Gasteiger partial charge >= 0.3 is 11.8 Å². The fourth-order valence-electron chi connectivity index (χ4n) is 2.16. The number of benzene rings is 2. The zero-order chi connectivity index (χ0) is 18.4. The average molecular weight is 361 g/mol. The van der Waals surface area contributed by atoms with Crippen LogP contribution in [0, 0.1) is 0 Å². The lowest BCUT2D eigenvalue weighted by molar-refractivity contribution is -0.137. The van der Waals surface area contributed by atoms with Crippen molar-refractivity contribution in [3.8, 4) is 0 Å². The Morgan fingerprint density at radius 2 is 1.64 bits per heavy atom. The summed E-state index contributed by atoms with van der Waals surface area (Å²) < 4.78 is 22.4. The molecule has 2 aromatic rings. The summed E-state index contributed by atoms with van der Waals surface area (Å²) in [6.07, 6.45) is 0.457. The number of primary sulfonamides is 1. The highest BCUT2D eigenvalue weighted by Gasteiger charge is 2.19. The van der Waals surface area contributed by atoms with Crippen molar-refractivity contribution in [2.45, 2.75) is 11.3 Å². The van der Waals surface area contributed by atoms with Crippen molar-refractivity contribution in [2.75, 3.05) is 18.5 Å². The third-order valence-corrected chi connectivity index (χ3v) is 4.52. The zero-order valence-corrected chi connectivity index (χ0v) is 14.5. The molecule has 0 spiro atoms. The molecule has 0 bridgehead atoms. The minimum atomic E-state index is -3.72. The molecule has 0 aliphatic rings. The molecule has 25 heavy (non-hydrogen) atoms. The fourth-order valence-corrected chi connectivity index (χ4v) is 2.68. The van der Waals surface area contributed by atoms with Gasteiger partial charge in [0.2, 0.25) is 10.0 Å². The molecular formula is C17H19N3O4S. The first-order chi connectivity index (χ1) is 11.8. The smallest absolute Gasteiger partial charge is 0.316 e. The number of carbonyl (C=O) groups excluding carboxylic acids is 2. The Morgan fingerprint density at radius 3 is 2.20 bits per heavy atom. The molecule has 2 amide bonds. The number of amides is 2. The predicted molar refractivity (Wildman–Crippen MR) is 94.4 cm³/mol. The maximum absolute atomic E-state index is 12.1. The molecule has 3 N–H and O–H groups in total. The fraction of sp³-hybridized carbons (Fsp3) is 0.176. The van der Waals surface area contributed by atoms with Crippen LogP contribution in [0.15, 0.2) is 59.5 Å². The minimum absolute atomic E-state index is 0.0277. The monoisotopic (exact) mass is 361 g/mol. The summed E-state index contributed by atoms with van der Waals surface area (Å²) >= 11 is 0. The molecule has 0 aliphatic heterocycles. The van der Waals surface area contributed by atoms with E-state index in [2.05, 4.69) is 5.32 Å². The van der Waals surface area contributed by atoms with Crippen LogP contribution in [0.1, 0.15) is 5.56 Å². The normalized spacial score (nSPS) is 11.0. The van der Waals surface area contributed by atoms with Crippen molar-refractivity contribution >= 4 is 27.5 Å². The van der Waals surface area contributed by atoms with Crippen molar-refractivity contribution in [1.29, 1.82) is 0 Å². The summed E-state index contributed by atoms with van der Waals surface area (Å²) in [5, 5.41) is 7.58. The molecule has 8 heteroatoms. The Balaban J connectivity index is 1.87. The minimum Gasteiger partial charge on any atom is -0.347 e. The van der Waals surface area contributed by atoms with Crippen LogP contribution in [-0.2, 0) is 26.0 Å². The number of sulfonamides is 1. The molecule has 0 saturated carbocycles. The van der Waals surface area contributed by atoms with E-state index in [1.807, 2.05) is 6.07 Å². The number of nitrogens with one attached hydrogen (secondary N) is 1. The maximum atomic E-state index is 12.1. The maximum Gasteiger partial charge on any atom is 0.316 e. The Hall–Kier alpha value is -2.71. The number of carbonyl (C=O) groups is 2. The van der Waals surface area contributed by atoms with E-state index in [1.165, 1.54) is 24.1 Å². The summed E-state index contributed by atoms with van der Waals surface area (Å²) in [6.45, 7) is 0.252. The second-order valence-corrected chi connectivity index (χ2v) is 6.96. The van der Waals surface area contributed by atoms with E-state index in [1.54, 1.807) is 36.4 Å². The second kappa shape index (κ2) is 7.91. The van der Waals surface area contributed by atoms with Crippen LogP contribution in [0.2, 0.25) is 0 Å². The van der Waals surface area contributed by atoms with Crippen LogP contribution in [0.25, 0.3) is 0 Å². The van der Waals surface area contributed by atoms with Gasteiger partial charge in [0.15, 0.2) is 0 Å². The van der Waals surface area contributed by atoms with Gasteiger partial charge in [-0.05, 0) is 36.2 Å². The van der Waals surface area contributed by atoms with E-state index in [9.17, 15) is 18.0 Å². The van der Waals surface area contributed by atoms with Crippen molar-refractivity contribution in [2.24, 2.45) is 5.14 Å². The molecule has 0 atom stereocenters. The summed E-state index contributed by atoms with van der Waals surface area (Å²) in [7, 11) is -2.19. The number of anilines is 1. The van der Waals surface area contributed by atoms with Crippen molar-refractivity contribution in [3.05, 3.63) is 60.2 Å². The van der Waals surface area contributed by atoms with E-state index in [0.717, 1.165) is 5.56 Å². The Bertz CT molecular complexity index is 849. The van der Waals surface area contributed by atoms with Crippen molar-refractivity contribution in [1.82, 2.24) is 5.32 Å². The number of nitrogens with zero attached hydrogens (tertiary/aromatic N) is 1. The molecule has 132 valence electrons. The second-order valence-electron chi connectivity index (χ2n) is 5.39. The van der Waals surface area contributed by atoms with Gasteiger partial charge in [-0.1, -0.05) is 30.3 Å². The lowest BCUT2D eigenvalue weighted by Crippen LogP contribution is -2.41. The van der Waals surface area contributed by atoms with Crippen LogP contribution >= 0.6 is 0 Å². The SMILES string of the molecule is CN(C(=O)C(=O)NCCc1ccc(S(N)(=O)=O)cc1)c1ccccc1. The number of hydrogen-bond donors (Lipinski definition) is 2. The molecule has 0 fully saturated rings. The van der Waals surface area contributed by atoms with E-state index in [-0.39, 0.29) is 11.4 Å². The van der Waals surface area contributed by atoms with Gasteiger partial charge in [-0.25, -0.2) is 13.6 Å². The van der Waals surface area contributed by atoms with Gasteiger partial charge in [0.1, 0.15) is 0 Å². The molecule has 7 nitrogen and oxygen atoms in total. The van der Waals surface area contributed by atoms with Gasteiger partial charge in [-0.3, -0.25) is 9.59 Å². The summed E-state index contributed by atoms with van der Waals surface area (Å²) in [4.78, 5) is 25.3. The van der Waals surface area contributed by atoms with E-state index in [4.69, 9.17) is 5.14 Å². The molecule has 0 unspecified atom stereocenters. The highest BCUT2D eigenvalue weighted by atomic mass is 32.2. The molecule has 0 aliphatic carbocycles. The molecule has 0 saturated heterocycles. The number of para-hydroxylation sites is 1. The average Bonchev–Trinajstić information content (AvgIpc) is 2.60. The topological polar surface area (TPSA) is 110 Å². The largest absolute Gasteiger partial charge is 0.347 e. The highest BCUT2D eigenvalue weighted by Crippen LogP contribution is 2.11. The van der Waals surface area contributed by atoms with Gasteiger partial charge in [-0.15, -0.1) is 0 Å². The predicted octanol–water partition coefficient (Wildman–Crippen LogP) is 0.656. The first-order valence-electron chi connectivity index (χ1n) is 7.51. The van der Waals surface area contributed by atoms with Crippen LogP contribution in [-0.4, -0.2) is 33.8 Å². The van der Waals surface area contributed by atoms with Crippen molar-refractivity contribution in [3.63, 3.8) is 0 Å². The molecule has 0 radical (unpaired) electrons. The van der Waals surface area contributed by atoms with Gasteiger partial charge in [0.25, 0.3) is 0 Å². The number of rotatable bonds is 5. The van der Waals surface area contributed by atoms with Gasteiger partial charge in [0.05, 0.1) is 4.90 Å². The molecule has 0 aromatic heterocycles. The van der Waals surface area contributed by atoms with Crippen molar-refractivity contribution < 1.29 is 18.0 Å². The Morgan fingerprint density at radius 1 is 1.04 bits per heavy atom. The van der Waals surface area contributed by atoms with Crippen LogP contribution in [0.5, 0.6) is 0 Å². The first-order valence-corrected chi connectivity index (χ1v) is 9.06. The highest BCUT2D eigenvalue weighted by molar-refractivity contribution is 7.89. The summed E-state index contributed by atoms with van der Waals surface area (Å²) in [5.74, 6) is -1.36. The van der Waals surface area contributed by atoms with E-state index < -0.39 is 21.8 Å². The third kappa shape index (κ3) is 5.13. The van der Waals surface area contributed by atoms with Gasteiger partial charge in [0, 0.05) is 19.3 Å². The Labute approximate surface area is 146 Å². The quantitative estimate of drug-likeness (QED) is 0.762.